The summed E-state index contributed by atoms with van der Waals surface area (Å²) in [5, 5.41) is 0. The molecule has 2 rings (SSSR count). The van der Waals surface area contributed by atoms with E-state index in [1.165, 1.54) is 6.42 Å². The molecule has 1 aliphatic rings. The molecule has 19 heavy (non-hydrogen) atoms. The summed E-state index contributed by atoms with van der Waals surface area (Å²) < 4.78 is 5.11. The summed E-state index contributed by atoms with van der Waals surface area (Å²) >= 11 is 0. The highest BCUT2D eigenvalue weighted by Gasteiger charge is 2.28. The third-order valence-electron chi connectivity index (χ3n) is 3.87. The van der Waals surface area contributed by atoms with Gasteiger partial charge in [-0.1, -0.05) is 6.92 Å². The number of anilines is 1. The van der Waals surface area contributed by atoms with Crippen LogP contribution < -0.4 is 10.5 Å². The number of hydrogen-bond donors (Lipinski definition) is 1. The normalized spacial score (nSPS) is 23.2. The molecule has 0 bridgehead atoms. The number of amides is 1. The number of nitrogens with two attached hydrogens (primary N) is 1. The minimum absolute atomic E-state index is 0.0270. The zero-order valence-corrected chi connectivity index (χ0v) is 11.8. The lowest BCUT2D eigenvalue weighted by molar-refractivity contribution is 0.0575. The number of nitrogens with zero attached hydrogens (tertiary/aromatic N) is 1. The summed E-state index contributed by atoms with van der Waals surface area (Å²) in [6.07, 6.45) is 2.24. The standard InChI is InChI=1S/C15H22N2O2/c1-10-4-5-11(2)17(9-10)15(18)13-7-6-12(19-3)8-14(13)16/h6-8,10-11H,4-5,9,16H2,1-3H3. The highest BCUT2D eigenvalue weighted by atomic mass is 16.5. The molecule has 4 nitrogen and oxygen atoms in total. The molecule has 0 saturated carbocycles. The van der Waals surface area contributed by atoms with E-state index in [0.29, 0.717) is 22.9 Å². The number of ether oxygens (including phenoxy) is 1. The van der Waals surface area contributed by atoms with Crippen molar-refractivity contribution in [3.05, 3.63) is 23.8 Å². The van der Waals surface area contributed by atoms with E-state index in [1.807, 2.05) is 4.90 Å². The fourth-order valence-corrected chi connectivity index (χ4v) is 2.59. The molecular formula is C15H22N2O2. The Morgan fingerprint density at radius 3 is 2.74 bits per heavy atom. The Balaban J connectivity index is 2.23. The van der Waals surface area contributed by atoms with Gasteiger partial charge in [-0.05, 0) is 37.8 Å². The van der Waals surface area contributed by atoms with E-state index in [4.69, 9.17) is 10.5 Å². The van der Waals surface area contributed by atoms with Crippen LogP contribution in [0.2, 0.25) is 0 Å². The van der Waals surface area contributed by atoms with E-state index in [-0.39, 0.29) is 11.9 Å². The topological polar surface area (TPSA) is 55.6 Å². The van der Waals surface area contributed by atoms with Gasteiger partial charge in [0.05, 0.1) is 12.7 Å². The first kappa shape index (κ1) is 13.7. The van der Waals surface area contributed by atoms with Crippen molar-refractivity contribution < 1.29 is 9.53 Å². The Morgan fingerprint density at radius 1 is 1.37 bits per heavy atom. The van der Waals surface area contributed by atoms with Crippen molar-refractivity contribution in [2.45, 2.75) is 32.7 Å². The van der Waals surface area contributed by atoms with Crippen LogP contribution in [0.1, 0.15) is 37.0 Å². The van der Waals surface area contributed by atoms with Gasteiger partial charge in [-0.3, -0.25) is 4.79 Å². The number of nitrogen functional groups attached to an aromatic ring is 1. The number of carbonyl (C=O) groups is 1. The molecule has 104 valence electrons. The second-order valence-electron chi connectivity index (χ2n) is 5.44. The maximum absolute atomic E-state index is 12.6. The van der Waals surface area contributed by atoms with Gasteiger partial charge in [0, 0.05) is 24.3 Å². The van der Waals surface area contributed by atoms with E-state index < -0.39 is 0 Å². The number of benzene rings is 1. The molecule has 2 unspecified atom stereocenters. The number of methoxy groups -OCH3 is 1. The highest BCUT2D eigenvalue weighted by molar-refractivity contribution is 5.99. The number of piperidine rings is 1. The maximum Gasteiger partial charge on any atom is 0.256 e. The van der Waals surface area contributed by atoms with Crippen molar-refractivity contribution in [3.8, 4) is 5.75 Å². The molecule has 1 aromatic rings. The van der Waals surface area contributed by atoms with Crippen molar-refractivity contribution in [3.63, 3.8) is 0 Å². The minimum atomic E-state index is 0.0270. The zero-order valence-electron chi connectivity index (χ0n) is 11.8. The SMILES string of the molecule is COc1ccc(C(=O)N2CC(C)CCC2C)c(N)c1. The number of hydrogen-bond acceptors (Lipinski definition) is 3. The molecule has 0 aromatic heterocycles. The smallest absolute Gasteiger partial charge is 0.256 e. The summed E-state index contributed by atoms with van der Waals surface area (Å²) in [7, 11) is 1.59. The summed E-state index contributed by atoms with van der Waals surface area (Å²) in [5.41, 5.74) is 7.01. The molecule has 0 radical (unpaired) electrons. The van der Waals surface area contributed by atoms with E-state index in [1.54, 1.807) is 25.3 Å². The van der Waals surface area contributed by atoms with E-state index in [2.05, 4.69) is 13.8 Å². The lowest BCUT2D eigenvalue weighted by atomic mass is 9.94. The monoisotopic (exact) mass is 262 g/mol. The van der Waals surface area contributed by atoms with Crippen molar-refractivity contribution in [2.75, 3.05) is 19.4 Å². The maximum atomic E-state index is 12.6. The first-order valence-electron chi connectivity index (χ1n) is 6.77. The second-order valence-corrected chi connectivity index (χ2v) is 5.44. The summed E-state index contributed by atoms with van der Waals surface area (Å²) in [6.45, 7) is 5.10. The van der Waals surface area contributed by atoms with E-state index in [9.17, 15) is 4.79 Å². The van der Waals surface area contributed by atoms with Gasteiger partial charge >= 0.3 is 0 Å². The van der Waals surface area contributed by atoms with E-state index in [0.717, 1.165) is 13.0 Å². The molecule has 1 amide bonds. The van der Waals surface area contributed by atoms with Gasteiger partial charge < -0.3 is 15.4 Å². The predicted molar refractivity (Wildman–Crippen MR) is 76.3 cm³/mol. The Hall–Kier alpha value is -1.71. The highest BCUT2D eigenvalue weighted by Crippen LogP contribution is 2.26. The lowest BCUT2D eigenvalue weighted by Gasteiger charge is -2.37. The fourth-order valence-electron chi connectivity index (χ4n) is 2.59. The lowest BCUT2D eigenvalue weighted by Crippen LogP contribution is -2.45. The van der Waals surface area contributed by atoms with Crippen LogP contribution in [0.4, 0.5) is 5.69 Å². The Bertz CT molecular complexity index is 473. The fraction of sp³-hybridized carbons (Fsp3) is 0.533. The molecule has 1 fully saturated rings. The van der Waals surface area contributed by atoms with Crippen LogP contribution >= 0.6 is 0 Å². The molecule has 2 atom stereocenters. The van der Waals surface area contributed by atoms with Crippen LogP contribution in [-0.2, 0) is 0 Å². The van der Waals surface area contributed by atoms with Gasteiger partial charge in [-0.15, -0.1) is 0 Å². The van der Waals surface area contributed by atoms with Gasteiger partial charge in [0.25, 0.3) is 5.91 Å². The third kappa shape index (κ3) is 2.83. The zero-order chi connectivity index (χ0) is 14.0. The quantitative estimate of drug-likeness (QED) is 0.833. The van der Waals surface area contributed by atoms with Crippen LogP contribution in [0.25, 0.3) is 0 Å². The van der Waals surface area contributed by atoms with Gasteiger partial charge in [0.1, 0.15) is 5.75 Å². The van der Waals surface area contributed by atoms with E-state index >= 15 is 0 Å². The van der Waals surface area contributed by atoms with Crippen LogP contribution in [-0.4, -0.2) is 30.5 Å². The molecule has 1 saturated heterocycles. The average molecular weight is 262 g/mol. The minimum Gasteiger partial charge on any atom is -0.497 e. The molecular weight excluding hydrogens is 240 g/mol. The van der Waals surface area contributed by atoms with Crippen LogP contribution in [0, 0.1) is 5.92 Å². The van der Waals surface area contributed by atoms with Crippen LogP contribution in [0.5, 0.6) is 5.75 Å². The molecule has 2 N–H and O–H groups in total. The summed E-state index contributed by atoms with van der Waals surface area (Å²) in [5.74, 6) is 1.26. The molecule has 1 heterocycles. The van der Waals surface area contributed by atoms with Crippen molar-refractivity contribution in [1.29, 1.82) is 0 Å². The van der Waals surface area contributed by atoms with Crippen molar-refractivity contribution >= 4 is 11.6 Å². The van der Waals surface area contributed by atoms with Crippen LogP contribution in [0.15, 0.2) is 18.2 Å². The second kappa shape index (κ2) is 5.51. The molecule has 0 spiro atoms. The number of carbonyl (C=O) groups excluding carboxylic acids is 1. The number of likely N-dealkylation sites (tertiary alicyclic amines) is 1. The summed E-state index contributed by atoms with van der Waals surface area (Å²) in [6, 6.07) is 5.51. The molecule has 1 aromatic carbocycles. The molecule has 0 aliphatic carbocycles. The van der Waals surface area contributed by atoms with Gasteiger partial charge in [0.2, 0.25) is 0 Å². The number of rotatable bonds is 2. The average Bonchev–Trinajstić information content (AvgIpc) is 2.40. The van der Waals surface area contributed by atoms with Gasteiger partial charge in [-0.25, -0.2) is 0 Å². The van der Waals surface area contributed by atoms with Crippen LogP contribution in [0.3, 0.4) is 0 Å². The first-order chi connectivity index (χ1) is 9.02. The Morgan fingerprint density at radius 2 is 2.11 bits per heavy atom. The third-order valence-corrected chi connectivity index (χ3v) is 3.87. The predicted octanol–water partition coefficient (Wildman–Crippen LogP) is 2.54. The first-order valence-corrected chi connectivity index (χ1v) is 6.77. The Kier molecular flexibility index (Phi) is 3.98. The van der Waals surface area contributed by atoms with Crippen molar-refractivity contribution in [2.24, 2.45) is 5.92 Å². The van der Waals surface area contributed by atoms with Gasteiger partial charge in [-0.2, -0.15) is 0 Å². The van der Waals surface area contributed by atoms with Crippen molar-refractivity contribution in [1.82, 2.24) is 4.90 Å². The molecule has 1 aliphatic heterocycles. The largest absolute Gasteiger partial charge is 0.497 e. The molecule has 4 heteroatoms. The van der Waals surface area contributed by atoms with Gasteiger partial charge in [0.15, 0.2) is 0 Å². The summed E-state index contributed by atoms with van der Waals surface area (Å²) in [4.78, 5) is 14.5. The Labute approximate surface area is 114 Å².